The first-order chi connectivity index (χ1) is 18.1. The number of nitrogens with zero attached hydrogens (tertiary/aromatic N) is 1. The van der Waals surface area contributed by atoms with Crippen molar-refractivity contribution >= 4 is 39.9 Å². The van der Waals surface area contributed by atoms with Gasteiger partial charge in [-0.3, -0.25) is 9.59 Å². The van der Waals surface area contributed by atoms with E-state index in [1.54, 1.807) is 12.1 Å². The van der Waals surface area contributed by atoms with Crippen molar-refractivity contribution in [2.45, 2.75) is 18.4 Å². The van der Waals surface area contributed by atoms with Crippen LogP contribution in [-0.4, -0.2) is 80.0 Å². The topological polar surface area (TPSA) is 160 Å². The molecule has 0 radical (unpaired) electrons. The zero-order valence-electron chi connectivity index (χ0n) is 21.4. The second kappa shape index (κ2) is 8.84. The number of carbonyl (C=O) groups excluding carboxylic acids is 3. The number of aliphatic hydroxyl groups is 1. The molecule has 2 aliphatic heterocycles. The maximum atomic E-state index is 13.8. The Morgan fingerprint density at radius 1 is 1.11 bits per heavy atom. The monoisotopic (exact) mass is 525 g/mol. The van der Waals surface area contributed by atoms with Gasteiger partial charge in [-0.25, -0.2) is 4.79 Å². The quantitative estimate of drug-likeness (QED) is 0.213. The number of anilines is 2. The number of methoxy groups -OCH3 is 4. The van der Waals surface area contributed by atoms with Gasteiger partial charge >= 0.3 is 5.97 Å². The molecule has 1 amide bonds. The van der Waals surface area contributed by atoms with Crippen LogP contribution in [0.5, 0.6) is 23.0 Å². The number of hydrogen-bond donors (Lipinski definition) is 4. The molecule has 12 nitrogen and oxygen atoms in total. The van der Waals surface area contributed by atoms with E-state index in [1.807, 2.05) is 0 Å². The Morgan fingerprint density at radius 3 is 2.42 bits per heavy atom. The summed E-state index contributed by atoms with van der Waals surface area (Å²) in [7, 11) is 5.60. The van der Waals surface area contributed by atoms with E-state index in [0.717, 1.165) is 7.11 Å². The number of esters is 1. The fourth-order valence-electron chi connectivity index (χ4n) is 5.33. The lowest BCUT2D eigenvalue weighted by Gasteiger charge is -2.20. The number of fused-ring (bicyclic) bond motifs is 4. The normalized spacial score (nSPS) is 19.7. The highest BCUT2D eigenvalue weighted by molar-refractivity contribution is 6.26. The summed E-state index contributed by atoms with van der Waals surface area (Å²) in [6, 6.07) is 4.68. The molecule has 200 valence electrons. The van der Waals surface area contributed by atoms with Crippen molar-refractivity contribution in [3.63, 3.8) is 0 Å². The fraction of sp³-hybridized carbons (Fsp3) is 0.346. The van der Waals surface area contributed by atoms with Gasteiger partial charge in [0.05, 0.1) is 57.5 Å². The minimum atomic E-state index is -1.76. The lowest BCUT2D eigenvalue weighted by molar-refractivity contribution is -0.143. The lowest BCUT2D eigenvalue weighted by Crippen LogP contribution is -2.47. The highest BCUT2D eigenvalue weighted by atomic mass is 16.5. The third-order valence-electron chi connectivity index (χ3n) is 7.19. The highest BCUT2D eigenvalue weighted by Crippen LogP contribution is 2.51. The van der Waals surface area contributed by atoms with E-state index < -0.39 is 29.1 Å². The maximum Gasteiger partial charge on any atom is 0.339 e. The van der Waals surface area contributed by atoms with Crippen molar-refractivity contribution in [3.8, 4) is 23.0 Å². The van der Waals surface area contributed by atoms with Crippen LogP contribution in [0.3, 0.4) is 0 Å². The number of aromatic hydroxyl groups is 1. The number of rotatable bonds is 6. The fourth-order valence-corrected chi connectivity index (χ4v) is 5.33. The second-order valence-corrected chi connectivity index (χ2v) is 9.24. The molecule has 0 saturated carbocycles. The molecular formula is C26H27N3O9. The molecule has 4 N–H and O–H groups in total. The third kappa shape index (κ3) is 3.29. The standard InChI is InChI=1S/C26H27N3O9/c1-26(25(34)38-5)23(32)18-17-12(10-30)9-29(14(17)8-15(31)20(18)28-26)24(33)13-6-11-7-16(35-2)21(36-3)22(37-4)19(11)27-13/h6-8,12,27-28,30-31H,9-10H2,1-5H3. The Kier molecular flexibility index (Phi) is 5.86. The van der Waals surface area contributed by atoms with Crippen LogP contribution >= 0.6 is 0 Å². The number of benzene rings is 2. The van der Waals surface area contributed by atoms with Gasteiger partial charge in [-0.1, -0.05) is 0 Å². The number of ketones is 1. The summed E-state index contributed by atoms with van der Waals surface area (Å²) in [5, 5.41) is 24.4. The molecule has 0 fully saturated rings. The molecule has 2 aliphatic rings. The summed E-state index contributed by atoms with van der Waals surface area (Å²) in [6.45, 7) is 1.03. The number of ether oxygens (including phenoxy) is 4. The predicted octanol–water partition coefficient (Wildman–Crippen LogP) is 2.18. The molecule has 0 bridgehead atoms. The molecule has 2 atom stereocenters. The van der Waals surface area contributed by atoms with E-state index in [9.17, 15) is 24.6 Å². The first-order valence-electron chi connectivity index (χ1n) is 11.7. The first-order valence-corrected chi connectivity index (χ1v) is 11.7. The van der Waals surface area contributed by atoms with Gasteiger partial charge in [-0.15, -0.1) is 0 Å². The van der Waals surface area contributed by atoms with Crippen molar-refractivity contribution in [1.29, 1.82) is 0 Å². The van der Waals surface area contributed by atoms with Crippen molar-refractivity contribution in [2.24, 2.45) is 0 Å². The van der Waals surface area contributed by atoms with Crippen LogP contribution in [0.2, 0.25) is 0 Å². The van der Waals surface area contributed by atoms with Crippen molar-refractivity contribution in [2.75, 3.05) is 51.8 Å². The minimum absolute atomic E-state index is 0.0436. The van der Waals surface area contributed by atoms with Crippen LogP contribution in [0.15, 0.2) is 18.2 Å². The number of hydrogen-bond acceptors (Lipinski definition) is 10. The molecule has 1 aromatic heterocycles. The van der Waals surface area contributed by atoms with Crippen LogP contribution in [0, 0.1) is 0 Å². The average Bonchev–Trinajstić information content (AvgIpc) is 3.59. The Labute approximate surface area is 217 Å². The molecular weight excluding hydrogens is 498 g/mol. The highest BCUT2D eigenvalue weighted by Gasteiger charge is 2.53. The van der Waals surface area contributed by atoms with Gasteiger partial charge in [0.1, 0.15) is 11.4 Å². The number of phenolic OH excluding ortho intramolecular Hbond substituents is 1. The van der Waals surface area contributed by atoms with Gasteiger partial charge < -0.3 is 44.4 Å². The molecule has 38 heavy (non-hydrogen) atoms. The summed E-state index contributed by atoms with van der Waals surface area (Å²) in [6.07, 6.45) is 0. The number of aliphatic hydroxyl groups excluding tert-OH is 1. The average molecular weight is 526 g/mol. The van der Waals surface area contributed by atoms with Gasteiger partial charge in [0.15, 0.2) is 17.0 Å². The molecule has 2 aromatic carbocycles. The summed E-state index contributed by atoms with van der Waals surface area (Å²) < 4.78 is 21.1. The van der Waals surface area contributed by atoms with E-state index in [0.29, 0.717) is 33.7 Å². The number of amides is 1. The molecule has 3 heterocycles. The molecule has 12 heteroatoms. The molecule has 2 unspecified atom stereocenters. The Balaban J connectivity index is 1.62. The molecule has 0 spiro atoms. The predicted molar refractivity (Wildman–Crippen MR) is 136 cm³/mol. The zero-order valence-corrected chi connectivity index (χ0v) is 21.4. The van der Waals surface area contributed by atoms with Gasteiger partial charge in [0.25, 0.3) is 5.91 Å². The van der Waals surface area contributed by atoms with E-state index in [1.165, 1.54) is 39.2 Å². The van der Waals surface area contributed by atoms with E-state index >= 15 is 0 Å². The summed E-state index contributed by atoms with van der Waals surface area (Å²) >= 11 is 0. The number of H-pyrrole nitrogens is 1. The molecule has 0 saturated heterocycles. The largest absolute Gasteiger partial charge is 0.506 e. The van der Waals surface area contributed by atoms with Crippen LogP contribution in [0.1, 0.15) is 39.3 Å². The van der Waals surface area contributed by atoms with Gasteiger partial charge in [0, 0.05) is 23.9 Å². The van der Waals surface area contributed by atoms with Crippen molar-refractivity contribution in [3.05, 3.63) is 35.0 Å². The van der Waals surface area contributed by atoms with Crippen LogP contribution in [0.25, 0.3) is 10.9 Å². The van der Waals surface area contributed by atoms with Gasteiger partial charge in [-0.2, -0.15) is 0 Å². The lowest BCUT2D eigenvalue weighted by atomic mass is 9.89. The van der Waals surface area contributed by atoms with Crippen molar-refractivity contribution in [1.82, 2.24) is 4.98 Å². The van der Waals surface area contributed by atoms with Crippen LogP contribution in [-0.2, 0) is 9.53 Å². The molecule has 5 rings (SSSR count). The SMILES string of the molecule is COC(=O)C1(C)Nc2c(O)cc3c(c2C1=O)C(CO)CN3C(=O)c1cc2cc(OC)c(OC)c(OC)c2[nH]1. The van der Waals surface area contributed by atoms with Gasteiger partial charge in [0.2, 0.25) is 11.5 Å². The van der Waals surface area contributed by atoms with E-state index in [-0.39, 0.29) is 41.5 Å². The summed E-state index contributed by atoms with van der Waals surface area (Å²) in [5.41, 5.74) is -0.309. The number of aromatic nitrogens is 1. The van der Waals surface area contributed by atoms with Crippen LogP contribution in [0.4, 0.5) is 11.4 Å². The number of Topliss-reactive ketones (excluding diaryl/α,β-unsaturated/α-hetero) is 1. The number of carbonyl (C=O) groups is 3. The summed E-state index contributed by atoms with van der Waals surface area (Å²) in [4.78, 5) is 44.1. The second-order valence-electron chi connectivity index (χ2n) is 9.24. The van der Waals surface area contributed by atoms with E-state index in [4.69, 9.17) is 18.9 Å². The smallest absolute Gasteiger partial charge is 0.339 e. The Hall–Kier alpha value is -4.45. The minimum Gasteiger partial charge on any atom is -0.506 e. The Morgan fingerprint density at radius 2 is 1.82 bits per heavy atom. The summed E-state index contributed by atoms with van der Waals surface area (Å²) in [5.74, 6) is -1.73. The zero-order chi connectivity index (χ0) is 27.5. The Bertz CT molecular complexity index is 1510. The maximum absolute atomic E-state index is 13.8. The molecule has 3 aromatic rings. The van der Waals surface area contributed by atoms with E-state index in [2.05, 4.69) is 10.3 Å². The third-order valence-corrected chi connectivity index (χ3v) is 7.19. The van der Waals surface area contributed by atoms with Gasteiger partial charge in [-0.05, 0) is 24.6 Å². The number of aromatic amines is 1. The first kappa shape index (κ1) is 25.2. The van der Waals surface area contributed by atoms with Crippen LogP contribution < -0.4 is 24.4 Å². The number of nitrogens with one attached hydrogen (secondary N) is 2. The number of phenols is 1. The van der Waals surface area contributed by atoms with Crippen molar-refractivity contribution < 1.29 is 43.5 Å². The molecule has 0 aliphatic carbocycles.